The number of halogens is 1. The molecule has 5 heteroatoms. The van der Waals surface area contributed by atoms with Gasteiger partial charge in [-0.15, -0.1) is 23.1 Å². The molecule has 1 unspecified atom stereocenters. The summed E-state index contributed by atoms with van der Waals surface area (Å²) in [5, 5.41) is 0. The number of thioether (sulfide) groups is 1. The summed E-state index contributed by atoms with van der Waals surface area (Å²) >= 11 is 6.89. The maximum Gasteiger partial charge on any atom is 0.0794 e. The Labute approximate surface area is 118 Å². The van der Waals surface area contributed by atoms with Gasteiger partial charge >= 0.3 is 0 Å². The van der Waals surface area contributed by atoms with Crippen molar-refractivity contribution in [1.82, 2.24) is 4.98 Å². The third-order valence-corrected chi connectivity index (χ3v) is 4.76. The predicted molar refractivity (Wildman–Crippen MR) is 78.7 cm³/mol. The lowest BCUT2D eigenvalue weighted by Gasteiger charge is -2.09. The summed E-state index contributed by atoms with van der Waals surface area (Å²) in [6.45, 7) is 0. The van der Waals surface area contributed by atoms with Crippen LogP contribution in [0.3, 0.4) is 0 Å². The average Bonchev–Trinajstić information content (AvgIpc) is 2.81. The topological polar surface area (TPSA) is 38.9 Å². The van der Waals surface area contributed by atoms with Gasteiger partial charge in [0.25, 0.3) is 0 Å². The third-order valence-electron chi connectivity index (χ3n) is 2.22. The molecule has 0 amide bonds. The highest BCUT2D eigenvalue weighted by molar-refractivity contribution is 9.10. The normalized spacial score (nSPS) is 12.6. The van der Waals surface area contributed by atoms with Crippen molar-refractivity contribution in [2.75, 3.05) is 5.75 Å². The largest absolute Gasteiger partial charge is 0.327 e. The molecular formula is C12H13BrN2S2. The van der Waals surface area contributed by atoms with Gasteiger partial charge < -0.3 is 5.73 Å². The number of benzene rings is 1. The van der Waals surface area contributed by atoms with Gasteiger partial charge in [0.05, 0.1) is 5.51 Å². The van der Waals surface area contributed by atoms with E-state index in [1.165, 1.54) is 9.77 Å². The Hall–Kier alpha value is -0.360. The van der Waals surface area contributed by atoms with Gasteiger partial charge in [-0.3, -0.25) is 4.98 Å². The Kier molecular flexibility index (Phi) is 5.03. The van der Waals surface area contributed by atoms with Gasteiger partial charge in [-0.2, -0.15) is 0 Å². The quantitative estimate of drug-likeness (QED) is 0.853. The third kappa shape index (κ3) is 4.43. The first-order chi connectivity index (χ1) is 8.24. The van der Waals surface area contributed by atoms with E-state index in [-0.39, 0.29) is 6.04 Å². The van der Waals surface area contributed by atoms with Crippen molar-refractivity contribution in [3.8, 4) is 0 Å². The molecule has 1 atom stereocenters. The van der Waals surface area contributed by atoms with E-state index in [4.69, 9.17) is 5.73 Å². The van der Waals surface area contributed by atoms with Crippen molar-refractivity contribution >= 4 is 39.0 Å². The van der Waals surface area contributed by atoms with E-state index in [2.05, 4.69) is 45.2 Å². The van der Waals surface area contributed by atoms with E-state index < -0.39 is 0 Å². The Morgan fingerprint density at radius 2 is 2.12 bits per heavy atom. The van der Waals surface area contributed by atoms with Crippen molar-refractivity contribution in [2.24, 2.45) is 5.73 Å². The SMILES string of the molecule is NC(CSc1ccc(Br)cc1)Cc1cncs1. The highest BCUT2D eigenvalue weighted by atomic mass is 79.9. The second-order valence-corrected chi connectivity index (χ2v) is 6.68. The molecule has 0 aliphatic carbocycles. The first-order valence-corrected chi connectivity index (χ1v) is 7.91. The Morgan fingerprint density at radius 1 is 1.35 bits per heavy atom. The number of hydrogen-bond donors (Lipinski definition) is 1. The number of hydrogen-bond acceptors (Lipinski definition) is 4. The molecule has 0 aliphatic rings. The molecule has 0 fully saturated rings. The molecule has 1 aromatic heterocycles. The summed E-state index contributed by atoms with van der Waals surface area (Å²) in [6.07, 6.45) is 2.81. The van der Waals surface area contributed by atoms with Gasteiger partial charge in [-0.25, -0.2) is 0 Å². The Balaban J connectivity index is 1.79. The Morgan fingerprint density at radius 3 is 2.76 bits per heavy atom. The molecule has 0 saturated heterocycles. The van der Waals surface area contributed by atoms with Gasteiger partial charge in [0.2, 0.25) is 0 Å². The summed E-state index contributed by atoms with van der Waals surface area (Å²) in [6, 6.07) is 8.50. The fourth-order valence-corrected chi connectivity index (χ4v) is 3.20. The maximum absolute atomic E-state index is 6.09. The summed E-state index contributed by atoms with van der Waals surface area (Å²) in [7, 11) is 0. The molecular weight excluding hydrogens is 316 g/mol. The number of nitrogens with two attached hydrogens (primary N) is 1. The summed E-state index contributed by atoms with van der Waals surface area (Å²) in [5.41, 5.74) is 7.94. The zero-order valence-electron chi connectivity index (χ0n) is 9.17. The van der Waals surface area contributed by atoms with E-state index in [9.17, 15) is 0 Å². The summed E-state index contributed by atoms with van der Waals surface area (Å²) in [4.78, 5) is 6.57. The predicted octanol–water partition coefficient (Wildman–Crippen LogP) is 3.57. The molecule has 1 heterocycles. The van der Waals surface area contributed by atoms with Crippen LogP contribution < -0.4 is 5.73 Å². The van der Waals surface area contributed by atoms with E-state index in [1.807, 2.05) is 11.7 Å². The highest BCUT2D eigenvalue weighted by Crippen LogP contribution is 2.21. The molecule has 0 radical (unpaired) electrons. The average molecular weight is 329 g/mol. The van der Waals surface area contributed by atoms with E-state index in [0.717, 1.165) is 16.6 Å². The lowest BCUT2D eigenvalue weighted by atomic mass is 10.2. The smallest absolute Gasteiger partial charge is 0.0794 e. The molecule has 0 bridgehead atoms. The second-order valence-electron chi connectivity index (χ2n) is 3.70. The Bertz CT molecular complexity index is 442. The molecule has 1 aromatic carbocycles. The zero-order valence-corrected chi connectivity index (χ0v) is 12.4. The maximum atomic E-state index is 6.09. The van der Waals surface area contributed by atoms with Crippen LogP contribution in [0.25, 0.3) is 0 Å². The minimum absolute atomic E-state index is 0.184. The van der Waals surface area contributed by atoms with Crippen LogP contribution in [0.1, 0.15) is 4.88 Å². The van der Waals surface area contributed by atoms with Crippen molar-refractivity contribution in [2.45, 2.75) is 17.4 Å². The van der Waals surface area contributed by atoms with Crippen LogP contribution in [0.2, 0.25) is 0 Å². The monoisotopic (exact) mass is 328 g/mol. The first kappa shape index (κ1) is 13.1. The lowest BCUT2D eigenvalue weighted by molar-refractivity contribution is 0.756. The van der Waals surface area contributed by atoms with E-state index in [1.54, 1.807) is 23.1 Å². The molecule has 2 rings (SSSR count). The first-order valence-electron chi connectivity index (χ1n) is 5.25. The van der Waals surface area contributed by atoms with Gasteiger partial charge in [0.1, 0.15) is 0 Å². The van der Waals surface area contributed by atoms with Gasteiger partial charge in [-0.05, 0) is 30.7 Å². The highest BCUT2D eigenvalue weighted by Gasteiger charge is 2.06. The van der Waals surface area contributed by atoms with Gasteiger partial charge in [0.15, 0.2) is 0 Å². The minimum atomic E-state index is 0.184. The van der Waals surface area contributed by atoms with Crippen molar-refractivity contribution in [3.05, 3.63) is 45.3 Å². The van der Waals surface area contributed by atoms with Crippen molar-refractivity contribution in [3.63, 3.8) is 0 Å². The molecule has 17 heavy (non-hydrogen) atoms. The fraction of sp³-hybridized carbons (Fsp3) is 0.250. The molecule has 0 aliphatic heterocycles. The molecule has 0 saturated carbocycles. The molecule has 2 N–H and O–H groups in total. The van der Waals surface area contributed by atoms with Crippen molar-refractivity contribution < 1.29 is 0 Å². The van der Waals surface area contributed by atoms with Crippen LogP contribution in [-0.4, -0.2) is 16.8 Å². The van der Waals surface area contributed by atoms with Crippen LogP contribution in [0.4, 0.5) is 0 Å². The van der Waals surface area contributed by atoms with E-state index in [0.29, 0.717) is 0 Å². The number of aromatic nitrogens is 1. The molecule has 2 aromatic rings. The molecule has 90 valence electrons. The van der Waals surface area contributed by atoms with Crippen LogP contribution >= 0.6 is 39.0 Å². The van der Waals surface area contributed by atoms with Crippen LogP contribution in [0, 0.1) is 0 Å². The van der Waals surface area contributed by atoms with E-state index >= 15 is 0 Å². The van der Waals surface area contributed by atoms with Crippen LogP contribution in [0.5, 0.6) is 0 Å². The van der Waals surface area contributed by atoms with Gasteiger partial charge in [0, 0.05) is 32.2 Å². The number of rotatable bonds is 5. The number of thiazole rings is 1. The van der Waals surface area contributed by atoms with Crippen LogP contribution in [-0.2, 0) is 6.42 Å². The van der Waals surface area contributed by atoms with Gasteiger partial charge in [-0.1, -0.05) is 15.9 Å². The zero-order chi connectivity index (χ0) is 12.1. The molecule has 2 nitrogen and oxygen atoms in total. The summed E-state index contributed by atoms with van der Waals surface area (Å²) in [5.74, 6) is 0.930. The lowest BCUT2D eigenvalue weighted by Crippen LogP contribution is -2.25. The fourth-order valence-electron chi connectivity index (χ4n) is 1.39. The standard InChI is InChI=1S/C12H13BrN2S2/c13-9-1-3-11(4-2-9)16-7-10(14)5-12-6-15-8-17-12/h1-4,6,8,10H,5,7,14H2. The van der Waals surface area contributed by atoms with Crippen LogP contribution in [0.15, 0.2) is 45.3 Å². The minimum Gasteiger partial charge on any atom is -0.327 e. The number of nitrogens with zero attached hydrogens (tertiary/aromatic N) is 1. The van der Waals surface area contributed by atoms with Crippen molar-refractivity contribution in [1.29, 1.82) is 0 Å². The molecule has 0 spiro atoms. The summed E-state index contributed by atoms with van der Waals surface area (Å²) < 4.78 is 1.11. The second kappa shape index (κ2) is 6.54.